The summed E-state index contributed by atoms with van der Waals surface area (Å²) in [4.78, 5) is 16.0. The number of nitrogens with one attached hydrogen (secondary N) is 1. The summed E-state index contributed by atoms with van der Waals surface area (Å²) in [5.41, 5.74) is 1.41. The van der Waals surface area contributed by atoms with Gasteiger partial charge in [0.25, 0.3) is 5.91 Å². The number of amides is 1. The average molecular weight is 253 g/mol. The van der Waals surface area contributed by atoms with E-state index in [0.717, 1.165) is 18.5 Å². The Bertz CT molecular complexity index is 408. The van der Waals surface area contributed by atoms with Crippen molar-refractivity contribution in [1.29, 1.82) is 0 Å². The van der Waals surface area contributed by atoms with Crippen molar-refractivity contribution < 1.29 is 4.79 Å². The Morgan fingerprint density at radius 3 is 3.06 bits per heavy atom. The highest BCUT2D eigenvalue weighted by Crippen LogP contribution is 2.29. The van der Waals surface area contributed by atoms with Crippen LogP contribution in [0.5, 0.6) is 0 Å². The van der Waals surface area contributed by atoms with Crippen molar-refractivity contribution in [2.45, 2.75) is 31.6 Å². The van der Waals surface area contributed by atoms with Crippen LogP contribution in [0.1, 0.15) is 35.3 Å². The second-order valence-electron chi connectivity index (χ2n) is 4.55. The Hall–Kier alpha value is -1.09. The number of pyridine rings is 1. The normalized spacial score (nSPS) is 23.6. The molecule has 1 heterocycles. The fourth-order valence-corrected chi connectivity index (χ4v) is 2.63. The second kappa shape index (κ2) is 5.50. The first-order chi connectivity index (χ1) is 8.18. The van der Waals surface area contributed by atoms with Crippen LogP contribution in [0.4, 0.5) is 0 Å². The lowest BCUT2D eigenvalue weighted by Gasteiger charge is -2.14. The van der Waals surface area contributed by atoms with Crippen molar-refractivity contribution in [3.05, 3.63) is 29.6 Å². The lowest BCUT2D eigenvalue weighted by molar-refractivity contribution is 0.0946. The number of carbonyl (C=O) groups excluding carboxylic acids is 1. The Morgan fingerprint density at radius 2 is 2.41 bits per heavy atom. The van der Waals surface area contributed by atoms with E-state index < -0.39 is 0 Å². The van der Waals surface area contributed by atoms with Gasteiger partial charge in [0.2, 0.25) is 0 Å². The summed E-state index contributed by atoms with van der Waals surface area (Å²) in [6, 6.07) is 3.58. The Morgan fingerprint density at radius 1 is 1.59 bits per heavy atom. The summed E-state index contributed by atoms with van der Waals surface area (Å²) < 4.78 is 0. The molecule has 2 atom stereocenters. The van der Waals surface area contributed by atoms with Crippen LogP contribution in [0.2, 0.25) is 0 Å². The van der Waals surface area contributed by atoms with Crippen LogP contribution in [0.25, 0.3) is 0 Å². The third-order valence-electron chi connectivity index (χ3n) is 3.34. The first kappa shape index (κ1) is 12.4. The monoisotopic (exact) mass is 252 g/mol. The van der Waals surface area contributed by atoms with Crippen LogP contribution in [0.3, 0.4) is 0 Å². The van der Waals surface area contributed by atoms with Gasteiger partial charge in [-0.1, -0.05) is 6.42 Å². The molecule has 1 N–H and O–H groups in total. The van der Waals surface area contributed by atoms with Crippen molar-refractivity contribution >= 4 is 17.5 Å². The number of carbonyl (C=O) groups is 1. The van der Waals surface area contributed by atoms with E-state index in [0.29, 0.717) is 18.0 Å². The van der Waals surface area contributed by atoms with Crippen LogP contribution in [-0.2, 0) is 0 Å². The van der Waals surface area contributed by atoms with Gasteiger partial charge in [-0.05, 0) is 37.8 Å². The van der Waals surface area contributed by atoms with Gasteiger partial charge in [-0.2, -0.15) is 0 Å². The molecule has 0 bridgehead atoms. The maximum Gasteiger partial charge on any atom is 0.253 e. The fourth-order valence-electron chi connectivity index (χ4n) is 2.26. The Balaban J connectivity index is 1.91. The lowest BCUT2D eigenvalue weighted by Crippen LogP contribution is -2.31. The zero-order valence-electron chi connectivity index (χ0n) is 9.95. The quantitative estimate of drug-likeness (QED) is 0.840. The smallest absolute Gasteiger partial charge is 0.253 e. The Labute approximate surface area is 107 Å². The molecule has 1 fully saturated rings. The van der Waals surface area contributed by atoms with Gasteiger partial charge in [-0.15, -0.1) is 11.6 Å². The van der Waals surface area contributed by atoms with Gasteiger partial charge in [0.1, 0.15) is 0 Å². The molecule has 1 amide bonds. The lowest BCUT2D eigenvalue weighted by atomic mass is 10.1. The third-order valence-corrected chi connectivity index (χ3v) is 3.92. The van der Waals surface area contributed by atoms with Gasteiger partial charge in [-0.3, -0.25) is 9.78 Å². The average Bonchev–Trinajstić information content (AvgIpc) is 2.72. The molecule has 92 valence electrons. The molecule has 0 spiro atoms. The molecule has 17 heavy (non-hydrogen) atoms. The van der Waals surface area contributed by atoms with E-state index in [4.69, 9.17) is 11.6 Å². The molecule has 0 aromatic carbocycles. The second-order valence-corrected chi connectivity index (χ2v) is 5.11. The van der Waals surface area contributed by atoms with Crippen LogP contribution in [-0.4, -0.2) is 22.8 Å². The van der Waals surface area contributed by atoms with Crippen molar-refractivity contribution in [3.63, 3.8) is 0 Å². The minimum atomic E-state index is -0.0497. The largest absolute Gasteiger partial charge is 0.352 e. The first-order valence-corrected chi connectivity index (χ1v) is 6.46. The van der Waals surface area contributed by atoms with E-state index in [9.17, 15) is 4.79 Å². The number of aromatic nitrogens is 1. The summed E-state index contributed by atoms with van der Waals surface area (Å²) in [7, 11) is 0. The highest BCUT2D eigenvalue weighted by atomic mass is 35.5. The van der Waals surface area contributed by atoms with E-state index >= 15 is 0 Å². The summed E-state index contributed by atoms with van der Waals surface area (Å²) in [6.07, 6.45) is 5.03. The highest BCUT2D eigenvalue weighted by molar-refractivity contribution is 6.21. The molecule has 2 unspecified atom stereocenters. The number of hydrogen-bond acceptors (Lipinski definition) is 2. The maximum atomic E-state index is 11.9. The highest BCUT2D eigenvalue weighted by Gasteiger charge is 2.25. The molecule has 2 rings (SSSR count). The van der Waals surface area contributed by atoms with Crippen LogP contribution in [0, 0.1) is 12.8 Å². The molecular weight excluding hydrogens is 236 g/mol. The maximum absolute atomic E-state index is 11.9. The van der Waals surface area contributed by atoms with Crippen molar-refractivity contribution in [3.8, 4) is 0 Å². The van der Waals surface area contributed by atoms with Crippen molar-refractivity contribution in [1.82, 2.24) is 10.3 Å². The van der Waals surface area contributed by atoms with Gasteiger partial charge in [-0.25, -0.2) is 0 Å². The van der Waals surface area contributed by atoms with E-state index in [1.165, 1.54) is 6.42 Å². The SMILES string of the molecule is Cc1ncccc1C(=O)NCC1CCCC1Cl. The van der Waals surface area contributed by atoms with Gasteiger partial charge < -0.3 is 5.32 Å². The summed E-state index contributed by atoms with van der Waals surface area (Å²) in [5.74, 6) is 0.365. The van der Waals surface area contributed by atoms with Gasteiger partial charge in [0.15, 0.2) is 0 Å². The molecule has 1 aliphatic carbocycles. The number of rotatable bonds is 3. The van der Waals surface area contributed by atoms with Crippen LogP contribution in [0.15, 0.2) is 18.3 Å². The van der Waals surface area contributed by atoms with E-state index in [1.54, 1.807) is 18.3 Å². The molecular formula is C13H17ClN2O. The molecule has 0 aliphatic heterocycles. The van der Waals surface area contributed by atoms with Crippen molar-refractivity contribution in [2.24, 2.45) is 5.92 Å². The predicted octanol–water partition coefficient (Wildman–Crippen LogP) is 2.53. The first-order valence-electron chi connectivity index (χ1n) is 6.02. The summed E-state index contributed by atoms with van der Waals surface area (Å²) >= 11 is 6.18. The summed E-state index contributed by atoms with van der Waals surface area (Å²) in [6.45, 7) is 2.51. The van der Waals surface area contributed by atoms with E-state index in [1.807, 2.05) is 6.92 Å². The van der Waals surface area contributed by atoms with Gasteiger partial charge in [0.05, 0.1) is 5.56 Å². The standard InChI is InChI=1S/C13H17ClN2O/c1-9-11(5-3-7-15-9)13(17)16-8-10-4-2-6-12(10)14/h3,5,7,10,12H,2,4,6,8H2,1H3,(H,16,17). The summed E-state index contributed by atoms with van der Waals surface area (Å²) in [5, 5.41) is 3.16. The predicted molar refractivity (Wildman–Crippen MR) is 68.3 cm³/mol. The van der Waals surface area contributed by atoms with E-state index in [-0.39, 0.29) is 11.3 Å². The molecule has 0 radical (unpaired) electrons. The number of aryl methyl sites for hydroxylation is 1. The van der Waals surface area contributed by atoms with Crippen molar-refractivity contribution in [2.75, 3.05) is 6.54 Å². The van der Waals surface area contributed by atoms with Gasteiger partial charge >= 0.3 is 0 Å². The Kier molecular flexibility index (Phi) is 4.00. The molecule has 1 aromatic heterocycles. The fraction of sp³-hybridized carbons (Fsp3) is 0.538. The molecule has 3 nitrogen and oxygen atoms in total. The number of halogens is 1. The minimum Gasteiger partial charge on any atom is -0.352 e. The zero-order valence-corrected chi connectivity index (χ0v) is 10.7. The van der Waals surface area contributed by atoms with Crippen LogP contribution >= 0.6 is 11.6 Å². The minimum absolute atomic E-state index is 0.0497. The third kappa shape index (κ3) is 2.97. The van der Waals surface area contributed by atoms with Gasteiger partial charge in [0, 0.05) is 23.8 Å². The number of nitrogens with zero attached hydrogens (tertiary/aromatic N) is 1. The van der Waals surface area contributed by atoms with E-state index in [2.05, 4.69) is 10.3 Å². The molecule has 1 aromatic rings. The molecule has 1 aliphatic rings. The van der Waals surface area contributed by atoms with Crippen LogP contribution < -0.4 is 5.32 Å². The topological polar surface area (TPSA) is 42.0 Å². The molecule has 1 saturated carbocycles. The zero-order chi connectivity index (χ0) is 12.3. The molecule has 0 saturated heterocycles. The molecule has 4 heteroatoms. The number of alkyl halides is 1. The number of hydrogen-bond donors (Lipinski definition) is 1.